The molecule has 1 aliphatic heterocycles. The summed E-state index contributed by atoms with van der Waals surface area (Å²) in [7, 11) is 0. The normalized spacial score (nSPS) is 44.8. The minimum absolute atomic E-state index is 0.0429. The van der Waals surface area contributed by atoms with Crippen molar-refractivity contribution in [2.45, 2.75) is 65.5 Å². The van der Waals surface area contributed by atoms with Crippen molar-refractivity contribution in [2.75, 3.05) is 0 Å². The predicted molar refractivity (Wildman–Crippen MR) is 85.1 cm³/mol. The van der Waals surface area contributed by atoms with Crippen molar-refractivity contribution in [3.05, 3.63) is 30.1 Å². The molecule has 1 aromatic heterocycles. The largest absolute Gasteiger partial charge is 0.346 e. The Morgan fingerprint density at radius 1 is 1.09 bits per heavy atom. The van der Waals surface area contributed by atoms with Gasteiger partial charge in [0.05, 0.1) is 11.8 Å². The van der Waals surface area contributed by atoms with Crippen LogP contribution in [-0.2, 0) is 9.47 Å². The second kappa shape index (κ2) is 4.33. The lowest BCUT2D eigenvalue weighted by Gasteiger charge is -2.50. The van der Waals surface area contributed by atoms with Crippen molar-refractivity contribution < 1.29 is 9.47 Å². The summed E-state index contributed by atoms with van der Waals surface area (Å²) in [5, 5.41) is 0. The average Bonchev–Trinajstić information content (AvgIpc) is 2.78. The molecule has 3 heteroatoms. The molecule has 5 atom stereocenters. The maximum absolute atomic E-state index is 6.47. The second-order valence-corrected chi connectivity index (χ2v) is 8.59. The highest BCUT2D eigenvalue weighted by atomic mass is 16.7. The number of nitrogens with zero attached hydrogens (tertiary/aromatic N) is 1. The summed E-state index contributed by atoms with van der Waals surface area (Å²) in [5.41, 5.74) is 1.58. The molecule has 3 aliphatic rings. The zero-order valence-electron chi connectivity index (χ0n) is 14.3. The van der Waals surface area contributed by atoms with Crippen LogP contribution in [0.4, 0.5) is 0 Å². The Morgan fingerprint density at radius 3 is 2.55 bits per heavy atom. The molecular formula is C19H27NO2. The first kappa shape index (κ1) is 14.6. The van der Waals surface area contributed by atoms with Gasteiger partial charge in [0.15, 0.2) is 5.79 Å². The fourth-order valence-electron chi connectivity index (χ4n) is 5.48. The van der Waals surface area contributed by atoms with Crippen LogP contribution in [0, 0.1) is 22.7 Å². The summed E-state index contributed by atoms with van der Waals surface area (Å²) >= 11 is 0. The smallest absolute Gasteiger partial charge is 0.164 e. The molecule has 4 rings (SSSR count). The zero-order chi connectivity index (χ0) is 15.8. The van der Waals surface area contributed by atoms with Crippen molar-refractivity contribution >= 4 is 0 Å². The van der Waals surface area contributed by atoms with E-state index in [1.807, 2.05) is 26.1 Å². The highest BCUT2D eigenvalue weighted by Gasteiger charge is 2.70. The summed E-state index contributed by atoms with van der Waals surface area (Å²) < 4.78 is 12.9. The Bertz CT molecular complexity index is 582. The quantitative estimate of drug-likeness (QED) is 0.773. The number of aromatic nitrogens is 1. The molecule has 22 heavy (non-hydrogen) atoms. The monoisotopic (exact) mass is 301 g/mol. The number of hydrogen-bond donors (Lipinski definition) is 0. The van der Waals surface area contributed by atoms with E-state index in [0.29, 0.717) is 17.3 Å². The minimum atomic E-state index is -0.549. The van der Waals surface area contributed by atoms with E-state index in [-0.39, 0.29) is 17.6 Å². The summed E-state index contributed by atoms with van der Waals surface area (Å²) in [5.74, 6) is 0.509. The maximum Gasteiger partial charge on any atom is 0.164 e. The van der Waals surface area contributed by atoms with Crippen molar-refractivity contribution in [1.82, 2.24) is 4.98 Å². The molecule has 0 amide bonds. The summed E-state index contributed by atoms with van der Waals surface area (Å²) in [4.78, 5) is 4.60. The van der Waals surface area contributed by atoms with E-state index in [1.165, 1.54) is 12.8 Å². The summed E-state index contributed by atoms with van der Waals surface area (Å²) in [6.07, 6.45) is 4.71. The van der Waals surface area contributed by atoms with Crippen LogP contribution in [0.3, 0.4) is 0 Å². The topological polar surface area (TPSA) is 31.4 Å². The van der Waals surface area contributed by atoms with Gasteiger partial charge in [0.25, 0.3) is 0 Å². The van der Waals surface area contributed by atoms with Crippen LogP contribution in [0.25, 0.3) is 0 Å². The van der Waals surface area contributed by atoms with E-state index in [2.05, 4.69) is 37.9 Å². The van der Waals surface area contributed by atoms with Crippen LogP contribution in [-0.4, -0.2) is 16.9 Å². The number of hydrogen-bond acceptors (Lipinski definition) is 3. The van der Waals surface area contributed by atoms with E-state index in [1.54, 1.807) is 0 Å². The third kappa shape index (κ3) is 1.73. The Hall–Kier alpha value is -0.930. The van der Waals surface area contributed by atoms with Crippen molar-refractivity contribution in [2.24, 2.45) is 22.7 Å². The third-order valence-electron chi connectivity index (χ3n) is 6.97. The van der Waals surface area contributed by atoms with Gasteiger partial charge in [0.1, 0.15) is 6.10 Å². The van der Waals surface area contributed by atoms with Crippen LogP contribution in [0.5, 0.6) is 0 Å². The molecule has 3 fully saturated rings. The fraction of sp³-hybridized carbons (Fsp3) is 0.737. The first-order valence-electron chi connectivity index (χ1n) is 8.53. The van der Waals surface area contributed by atoms with Crippen LogP contribution < -0.4 is 0 Å². The van der Waals surface area contributed by atoms with Gasteiger partial charge >= 0.3 is 0 Å². The number of rotatable bonds is 1. The molecule has 2 aliphatic carbocycles. The van der Waals surface area contributed by atoms with Gasteiger partial charge in [-0.25, -0.2) is 0 Å². The molecule has 2 saturated carbocycles. The van der Waals surface area contributed by atoms with Gasteiger partial charge in [-0.05, 0) is 55.6 Å². The van der Waals surface area contributed by atoms with Crippen LogP contribution in [0.15, 0.2) is 24.4 Å². The SMILES string of the molecule is CC1(C)O[C@@H]2[C@@H]([C@H]3CC[C@]2(C)C3(C)C)[C@H](c2ccccn2)O1. The molecule has 0 N–H and O–H groups in total. The van der Waals surface area contributed by atoms with E-state index >= 15 is 0 Å². The highest BCUT2D eigenvalue weighted by molar-refractivity contribution is 5.21. The predicted octanol–water partition coefficient (Wildman–Crippen LogP) is 4.35. The highest BCUT2D eigenvalue weighted by Crippen LogP contribution is 2.72. The van der Waals surface area contributed by atoms with E-state index < -0.39 is 5.79 Å². The van der Waals surface area contributed by atoms with Gasteiger partial charge in [0.2, 0.25) is 0 Å². The lowest BCUT2D eigenvalue weighted by atomic mass is 9.69. The van der Waals surface area contributed by atoms with E-state index in [0.717, 1.165) is 5.69 Å². The molecular weight excluding hydrogens is 274 g/mol. The number of fused-ring (bicyclic) bond motifs is 5. The molecule has 0 radical (unpaired) electrons. The minimum Gasteiger partial charge on any atom is -0.346 e. The fourth-order valence-corrected chi connectivity index (χ4v) is 5.48. The molecule has 120 valence electrons. The van der Waals surface area contributed by atoms with Crippen molar-refractivity contribution in [3.8, 4) is 0 Å². The molecule has 0 unspecified atom stereocenters. The Morgan fingerprint density at radius 2 is 1.86 bits per heavy atom. The first-order chi connectivity index (χ1) is 10.3. The summed E-state index contributed by atoms with van der Waals surface area (Å²) in [6.45, 7) is 11.4. The second-order valence-electron chi connectivity index (χ2n) is 8.59. The van der Waals surface area contributed by atoms with Gasteiger partial charge in [-0.15, -0.1) is 0 Å². The molecule has 3 nitrogen and oxygen atoms in total. The first-order valence-corrected chi connectivity index (χ1v) is 8.53. The van der Waals surface area contributed by atoms with Crippen molar-refractivity contribution in [3.63, 3.8) is 0 Å². The Balaban J connectivity index is 1.81. The third-order valence-corrected chi connectivity index (χ3v) is 6.97. The molecule has 2 bridgehead atoms. The lowest BCUT2D eigenvalue weighted by molar-refractivity contribution is -0.340. The summed E-state index contributed by atoms with van der Waals surface area (Å²) in [6, 6.07) is 6.13. The Kier molecular flexibility index (Phi) is 2.88. The zero-order valence-corrected chi connectivity index (χ0v) is 14.3. The van der Waals surface area contributed by atoms with E-state index in [9.17, 15) is 0 Å². The van der Waals surface area contributed by atoms with Gasteiger partial charge in [-0.1, -0.05) is 26.8 Å². The standard InChI is InChI=1S/C19H27NO2/c1-17(2)12-9-10-19(17,5)16-14(12)15(21-18(3,4)22-16)13-8-6-7-11-20-13/h6-8,11-12,14-16H,9-10H2,1-5H3/t12-,14+,15+,16-,19+/m1/s1. The Labute approximate surface area is 133 Å². The van der Waals surface area contributed by atoms with Crippen LogP contribution in [0.2, 0.25) is 0 Å². The van der Waals surface area contributed by atoms with Crippen LogP contribution >= 0.6 is 0 Å². The van der Waals surface area contributed by atoms with E-state index in [4.69, 9.17) is 9.47 Å². The number of ether oxygens (including phenoxy) is 2. The molecule has 2 heterocycles. The van der Waals surface area contributed by atoms with Gasteiger partial charge in [-0.2, -0.15) is 0 Å². The van der Waals surface area contributed by atoms with Gasteiger partial charge in [-0.3, -0.25) is 4.98 Å². The molecule has 1 saturated heterocycles. The van der Waals surface area contributed by atoms with Gasteiger partial charge < -0.3 is 9.47 Å². The molecule has 1 aromatic rings. The molecule has 0 aromatic carbocycles. The lowest BCUT2D eigenvalue weighted by Crippen LogP contribution is -2.52. The molecule has 0 spiro atoms. The number of pyridine rings is 1. The van der Waals surface area contributed by atoms with Crippen molar-refractivity contribution in [1.29, 1.82) is 0 Å². The maximum atomic E-state index is 6.47. The van der Waals surface area contributed by atoms with Gasteiger partial charge in [0, 0.05) is 12.1 Å². The average molecular weight is 301 g/mol. The van der Waals surface area contributed by atoms with Crippen LogP contribution in [0.1, 0.15) is 59.3 Å².